The molecule has 1 aliphatic rings. The number of hydrogen-bond acceptors (Lipinski definition) is 3. The minimum absolute atomic E-state index is 0.138. The molecule has 14 heavy (non-hydrogen) atoms. The zero-order valence-corrected chi connectivity index (χ0v) is 9.03. The summed E-state index contributed by atoms with van der Waals surface area (Å²) < 4.78 is 4.89. The van der Waals surface area contributed by atoms with Gasteiger partial charge in [-0.25, -0.2) is 5.32 Å². The van der Waals surface area contributed by atoms with Crippen molar-refractivity contribution in [3.05, 3.63) is 0 Å². The Kier molecular flexibility index (Phi) is 4.90. The molecule has 1 heterocycles. The lowest BCUT2D eigenvalue weighted by Gasteiger charge is -2.29. The molecular weight excluding hydrogens is 180 g/mol. The second-order valence-corrected chi connectivity index (χ2v) is 3.65. The number of likely N-dealkylation sites (N-methyl/N-ethyl adjacent to an activating group) is 1. The molecule has 1 saturated heterocycles. The Morgan fingerprint density at radius 1 is 1.64 bits per heavy atom. The van der Waals surface area contributed by atoms with Crippen LogP contribution in [-0.2, 0) is 9.53 Å². The van der Waals surface area contributed by atoms with E-state index < -0.39 is 0 Å². The normalized spacial score (nSPS) is 22.4. The van der Waals surface area contributed by atoms with Crippen LogP contribution in [0.2, 0.25) is 0 Å². The molecule has 0 N–H and O–H groups in total. The predicted octanol–water partition coefficient (Wildman–Crippen LogP) is 0.248. The number of esters is 1. The molecule has 81 valence electrons. The van der Waals surface area contributed by atoms with E-state index in [0.717, 1.165) is 25.9 Å². The Hall–Kier alpha value is -0.610. The molecule has 1 rings (SSSR count). The van der Waals surface area contributed by atoms with Gasteiger partial charge in [-0.2, -0.15) is 0 Å². The number of nitrogens with zero attached hydrogens (tertiary/aromatic N) is 2. The first-order valence-corrected chi connectivity index (χ1v) is 5.23. The monoisotopic (exact) mass is 199 g/mol. The maximum absolute atomic E-state index is 11.2. The van der Waals surface area contributed by atoms with Gasteiger partial charge in [0.1, 0.15) is 0 Å². The molecule has 0 amide bonds. The van der Waals surface area contributed by atoms with Crippen molar-refractivity contribution in [1.82, 2.24) is 10.2 Å². The zero-order chi connectivity index (χ0) is 10.4. The lowest BCUT2D eigenvalue weighted by molar-refractivity contribution is -0.144. The summed E-state index contributed by atoms with van der Waals surface area (Å²) in [4.78, 5) is 13.2. The summed E-state index contributed by atoms with van der Waals surface area (Å²) in [6.07, 6.45) is 2.28. The first kappa shape index (κ1) is 11.5. The Balaban J connectivity index is 2.25. The van der Waals surface area contributed by atoms with Gasteiger partial charge >= 0.3 is 5.97 Å². The molecule has 4 heteroatoms. The summed E-state index contributed by atoms with van der Waals surface area (Å²) in [6.45, 7) is 4.50. The van der Waals surface area contributed by atoms with Crippen molar-refractivity contribution in [3.63, 3.8) is 0 Å². The van der Waals surface area contributed by atoms with Crippen molar-refractivity contribution >= 4 is 5.97 Å². The van der Waals surface area contributed by atoms with E-state index in [2.05, 4.69) is 5.32 Å². The lowest BCUT2D eigenvalue weighted by atomic mass is 10.1. The largest absolute Gasteiger partial charge is 0.465 e. The van der Waals surface area contributed by atoms with Crippen LogP contribution in [0, 0.1) is 0 Å². The molecule has 0 bridgehead atoms. The molecule has 1 aliphatic heterocycles. The van der Waals surface area contributed by atoms with Gasteiger partial charge in [-0.1, -0.05) is 0 Å². The van der Waals surface area contributed by atoms with Gasteiger partial charge in [-0.3, -0.25) is 9.69 Å². The molecule has 0 aromatic carbocycles. The highest BCUT2D eigenvalue weighted by Crippen LogP contribution is 2.08. The summed E-state index contributed by atoms with van der Waals surface area (Å²) in [5, 5.41) is 4.34. The van der Waals surface area contributed by atoms with Crippen LogP contribution in [-0.4, -0.2) is 50.2 Å². The lowest BCUT2D eigenvalue weighted by Crippen LogP contribution is -2.43. The van der Waals surface area contributed by atoms with Gasteiger partial charge in [0.15, 0.2) is 0 Å². The highest BCUT2D eigenvalue weighted by atomic mass is 16.5. The van der Waals surface area contributed by atoms with Gasteiger partial charge in [-0.15, -0.1) is 0 Å². The van der Waals surface area contributed by atoms with Crippen molar-refractivity contribution in [2.75, 3.05) is 33.3 Å². The number of piperidine rings is 1. The second-order valence-electron chi connectivity index (χ2n) is 3.65. The van der Waals surface area contributed by atoms with Crippen LogP contribution in [0.4, 0.5) is 0 Å². The molecule has 0 aliphatic carbocycles. The molecule has 0 saturated carbocycles. The van der Waals surface area contributed by atoms with Gasteiger partial charge in [0.25, 0.3) is 0 Å². The van der Waals surface area contributed by atoms with E-state index in [1.54, 1.807) is 0 Å². The van der Waals surface area contributed by atoms with E-state index >= 15 is 0 Å². The van der Waals surface area contributed by atoms with E-state index in [9.17, 15) is 4.79 Å². The van der Waals surface area contributed by atoms with Crippen LogP contribution in [0.3, 0.4) is 0 Å². The van der Waals surface area contributed by atoms with Crippen molar-refractivity contribution < 1.29 is 9.53 Å². The maximum Gasteiger partial charge on any atom is 0.320 e. The van der Waals surface area contributed by atoms with Crippen molar-refractivity contribution in [1.29, 1.82) is 0 Å². The number of rotatable bonds is 4. The Bertz CT molecular complexity index is 179. The zero-order valence-electron chi connectivity index (χ0n) is 9.03. The van der Waals surface area contributed by atoms with E-state index in [1.165, 1.54) is 0 Å². The smallest absolute Gasteiger partial charge is 0.320 e. The minimum atomic E-state index is -0.138. The van der Waals surface area contributed by atoms with Gasteiger partial charge in [0, 0.05) is 19.1 Å². The summed E-state index contributed by atoms with van der Waals surface area (Å²) in [5.41, 5.74) is 0. The molecule has 4 nitrogen and oxygen atoms in total. The van der Waals surface area contributed by atoms with E-state index in [4.69, 9.17) is 4.74 Å². The number of carbonyl (C=O) groups excluding carboxylic acids is 1. The quantitative estimate of drug-likeness (QED) is 0.609. The highest BCUT2D eigenvalue weighted by molar-refractivity contribution is 5.71. The molecule has 1 fully saturated rings. The van der Waals surface area contributed by atoms with E-state index in [1.807, 2.05) is 18.9 Å². The number of hydrogen-bond donors (Lipinski definition) is 0. The summed E-state index contributed by atoms with van der Waals surface area (Å²) in [6, 6.07) is 0.424. The third kappa shape index (κ3) is 3.64. The van der Waals surface area contributed by atoms with Gasteiger partial charge in [-0.05, 0) is 26.8 Å². The maximum atomic E-state index is 11.2. The average Bonchev–Trinajstić information content (AvgIpc) is 2.19. The first-order valence-electron chi connectivity index (χ1n) is 5.23. The summed E-state index contributed by atoms with van der Waals surface area (Å²) in [5.74, 6) is -0.138. The van der Waals surface area contributed by atoms with Gasteiger partial charge in [0.05, 0.1) is 13.2 Å². The molecule has 1 radical (unpaired) electrons. The number of ether oxygens (including phenoxy) is 1. The van der Waals surface area contributed by atoms with Gasteiger partial charge < -0.3 is 4.74 Å². The third-order valence-corrected chi connectivity index (χ3v) is 2.50. The molecular formula is C10H19N2O2. The molecule has 0 aromatic heterocycles. The first-order chi connectivity index (χ1) is 6.74. The van der Waals surface area contributed by atoms with Gasteiger partial charge in [0.2, 0.25) is 0 Å². The Labute approximate surface area is 85.6 Å². The topological polar surface area (TPSA) is 43.6 Å². The minimum Gasteiger partial charge on any atom is -0.465 e. The standard InChI is InChI=1S/C10H19N2O2/c1-3-14-10(13)8-12(2)9-5-4-6-11-7-9/h9H,3-8H2,1-2H3. The fraction of sp³-hybridized carbons (Fsp3) is 0.900. The summed E-state index contributed by atoms with van der Waals surface area (Å²) >= 11 is 0. The number of carbonyl (C=O) groups is 1. The molecule has 1 atom stereocenters. The molecule has 0 spiro atoms. The highest BCUT2D eigenvalue weighted by Gasteiger charge is 2.20. The van der Waals surface area contributed by atoms with E-state index in [-0.39, 0.29) is 5.97 Å². The molecule has 1 unspecified atom stereocenters. The summed E-state index contributed by atoms with van der Waals surface area (Å²) in [7, 11) is 1.96. The Morgan fingerprint density at radius 3 is 3.00 bits per heavy atom. The SMILES string of the molecule is CCOC(=O)CN(C)C1CCC[N]C1. The van der Waals surface area contributed by atoms with Crippen LogP contribution >= 0.6 is 0 Å². The van der Waals surface area contributed by atoms with Crippen LogP contribution < -0.4 is 5.32 Å². The van der Waals surface area contributed by atoms with Crippen LogP contribution in [0.5, 0.6) is 0 Å². The molecule has 0 aromatic rings. The second kappa shape index (κ2) is 5.98. The van der Waals surface area contributed by atoms with Crippen molar-refractivity contribution in [2.45, 2.75) is 25.8 Å². The third-order valence-electron chi connectivity index (χ3n) is 2.50. The van der Waals surface area contributed by atoms with E-state index in [0.29, 0.717) is 19.2 Å². The predicted molar refractivity (Wildman–Crippen MR) is 54.2 cm³/mol. The average molecular weight is 199 g/mol. The van der Waals surface area contributed by atoms with Crippen LogP contribution in [0.25, 0.3) is 0 Å². The Morgan fingerprint density at radius 2 is 2.43 bits per heavy atom. The van der Waals surface area contributed by atoms with Crippen molar-refractivity contribution in [2.24, 2.45) is 0 Å². The van der Waals surface area contributed by atoms with Crippen molar-refractivity contribution in [3.8, 4) is 0 Å². The van der Waals surface area contributed by atoms with Crippen LogP contribution in [0.1, 0.15) is 19.8 Å². The fourth-order valence-corrected chi connectivity index (χ4v) is 1.67. The van der Waals surface area contributed by atoms with Crippen LogP contribution in [0.15, 0.2) is 0 Å². The fourth-order valence-electron chi connectivity index (χ4n) is 1.67.